The van der Waals surface area contributed by atoms with Crippen molar-refractivity contribution in [1.29, 1.82) is 0 Å². The first-order valence-corrected chi connectivity index (χ1v) is 6.71. The Morgan fingerprint density at radius 1 is 1.39 bits per heavy atom. The molecule has 1 amide bonds. The summed E-state index contributed by atoms with van der Waals surface area (Å²) in [6.45, 7) is 2.47. The van der Waals surface area contributed by atoms with E-state index >= 15 is 0 Å². The molecule has 18 heavy (non-hydrogen) atoms. The monoisotopic (exact) mass is 247 g/mol. The van der Waals surface area contributed by atoms with Gasteiger partial charge in [-0.15, -0.1) is 0 Å². The molecule has 0 spiro atoms. The Hall–Kier alpha value is -1.35. The standard InChI is InChI=1S/C15H21NO2/c1-12-5-4-6-13(11-12)15(18)16(9-10-17)14-7-2-3-8-14/h4-6,11,14,17H,2-3,7-10H2,1H3. The van der Waals surface area contributed by atoms with Gasteiger partial charge in [-0.1, -0.05) is 30.5 Å². The van der Waals surface area contributed by atoms with Crippen LogP contribution in [0.1, 0.15) is 41.6 Å². The Morgan fingerprint density at radius 2 is 2.11 bits per heavy atom. The van der Waals surface area contributed by atoms with Crippen LogP contribution in [0.25, 0.3) is 0 Å². The smallest absolute Gasteiger partial charge is 0.254 e. The van der Waals surface area contributed by atoms with Crippen LogP contribution in [0.4, 0.5) is 0 Å². The Balaban J connectivity index is 2.17. The summed E-state index contributed by atoms with van der Waals surface area (Å²) in [4.78, 5) is 14.3. The van der Waals surface area contributed by atoms with E-state index in [-0.39, 0.29) is 12.5 Å². The van der Waals surface area contributed by atoms with E-state index in [2.05, 4.69) is 0 Å². The lowest BCUT2D eigenvalue weighted by Crippen LogP contribution is -2.40. The Bertz CT molecular complexity index is 411. The number of rotatable bonds is 4. The molecular formula is C15H21NO2. The van der Waals surface area contributed by atoms with Gasteiger partial charge in [0, 0.05) is 18.2 Å². The third-order valence-corrected chi connectivity index (χ3v) is 3.63. The zero-order valence-electron chi connectivity index (χ0n) is 10.9. The van der Waals surface area contributed by atoms with Crippen molar-refractivity contribution in [1.82, 2.24) is 4.90 Å². The maximum atomic E-state index is 12.5. The summed E-state index contributed by atoms with van der Waals surface area (Å²) in [5.74, 6) is 0.0552. The molecule has 0 bridgehead atoms. The van der Waals surface area contributed by atoms with Crippen LogP contribution in [0.3, 0.4) is 0 Å². The van der Waals surface area contributed by atoms with Gasteiger partial charge in [-0.3, -0.25) is 4.79 Å². The van der Waals surface area contributed by atoms with Crippen molar-refractivity contribution in [2.24, 2.45) is 0 Å². The van der Waals surface area contributed by atoms with Crippen molar-refractivity contribution in [2.75, 3.05) is 13.2 Å². The summed E-state index contributed by atoms with van der Waals surface area (Å²) < 4.78 is 0. The Morgan fingerprint density at radius 3 is 2.72 bits per heavy atom. The number of hydrogen-bond acceptors (Lipinski definition) is 2. The summed E-state index contributed by atoms with van der Waals surface area (Å²) >= 11 is 0. The topological polar surface area (TPSA) is 40.5 Å². The van der Waals surface area contributed by atoms with Crippen molar-refractivity contribution in [3.05, 3.63) is 35.4 Å². The lowest BCUT2D eigenvalue weighted by atomic mass is 10.1. The summed E-state index contributed by atoms with van der Waals surface area (Å²) in [6.07, 6.45) is 4.51. The number of hydrogen-bond donors (Lipinski definition) is 1. The summed E-state index contributed by atoms with van der Waals surface area (Å²) in [7, 11) is 0. The number of benzene rings is 1. The fourth-order valence-corrected chi connectivity index (χ4v) is 2.72. The van der Waals surface area contributed by atoms with Crippen molar-refractivity contribution in [3.63, 3.8) is 0 Å². The predicted molar refractivity (Wildman–Crippen MR) is 71.6 cm³/mol. The van der Waals surface area contributed by atoms with Crippen molar-refractivity contribution in [3.8, 4) is 0 Å². The minimum atomic E-state index is 0.0358. The summed E-state index contributed by atoms with van der Waals surface area (Å²) in [6, 6.07) is 7.98. The first kappa shape index (κ1) is 13.1. The summed E-state index contributed by atoms with van der Waals surface area (Å²) in [5, 5.41) is 9.15. The number of amides is 1. The van der Waals surface area contributed by atoms with Gasteiger partial charge in [-0.25, -0.2) is 0 Å². The molecule has 1 N–H and O–H groups in total. The number of nitrogens with zero attached hydrogens (tertiary/aromatic N) is 1. The molecular weight excluding hydrogens is 226 g/mol. The largest absolute Gasteiger partial charge is 0.395 e. The number of aliphatic hydroxyl groups is 1. The predicted octanol–water partition coefficient (Wildman–Crippen LogP) is 2.37. The molecule has 1 saturated carbocycles. The molecule has 0 aliphatic heterocycles. The van der Waals surface area contributed by atoms with Crippen molar-refractivity contribution < 1.29 is 9.90 Å². The first-order chi connectivity index (χ1) is 8.72. The minimum absolute atomic E-state index is 0.0358. The molecule has 1 aliphatic rings. The van der Waals surface area contributed by atoms with E-state index in [4.69, 9.17) is 5.11 Å². The molecule has 3 heteroatoms. The van der Waals surface area contributed by atoms with Gasteiger partial charge in [0.2, 0.25) is 0 Å². The molecule has 0 heterocycles. The van der Waals surface area contributed by atoms with Gasteiger partial charge in [-0.2, -0.15) is 0 Å². The highest BCUT2D eigenvalue weighted by atomic mass is 16.3. The number of carbonyl (C=O) groups is 1. The van der Waals surface area contributed by atoms with Crippen LogP contribution in [-0.4, -0.2) is 35.1 Å². The third-order valence-electron chi connectivity index (χ3n) is 3.63. The Kier molecular flexibility index (Phi) is 4.37. The normalized spacial score (nSPS) is 15.9. The van der Waals surface area contributed by atoms with Crippen LogP contribution in [0.15, 0.2) is 24.3 Å². The van der Waals surface area contributed by atoms with Gasteiger partial charge >= 0.3 is 0 Å². The van der Waals surface area contributed by atoms with E-state index in [9.17, 15) is 4.79 Å². The van der Waals surface area contributed by atoms with Crippen LogP contribution in [0.5, 0.6) is 0 Å². The second-order valence-corrected chi connectivity index (χ2v) is 5.03. The van der Waals surface area contributed by atoms with Crippen LogP contribution >= 0.6 is 0 Å². The highest BCUT2D eigenvalue weighted by Crippen LogP contribution is 2.24. The van der Waals surface area contributed by atoms with E-state index < -0.39 is 0 Å². The minimum Gasteiger partial charge on any atom is -0.395 e. The van der Waals surface area contributed by atoms with Gasteiger partial charge in [0.25, 0.3) is 5.91 Å². The fourth-order valence-electron chi connectivity index (χ4n) is 2.72. The molecule has 1 fully saturated rings. The second-order valence-electron chi connectivity index (χ2n) is 5.03. The number of aliphatic hydroxyl groups excluding tert-OH is 1. The zero-order valence-corrected chi connectivity index (χ0v) is 10.9. The van der Waals surface area contributed by atoms with Crippen LogP contribution in [-0.2, 0) is 0 Å². The van der Waals surface area contributed by atoms with E-state index in [0.717, 1.165) is 24.0 Å². The van der Waals surface area contributed by atoms with Gasteiger partial charge < -0.3 is 10.0 Å². The van der Waals surface area contributed by atoms with E-state index in [1.165, 1.54) is 12.8 Å². The van der Waals surface area contributed by atoms with Crippen LogP contribution < -0.4 is 0 Å². The lowest BCUT2D eigenvalue weighted by molar-refractivity contribution is 0.0638. The van der Waals surface area contributed by atoms with Crippen molar-refractivity contribution in [2.45, 2.75) is 38.6 Å². The van der Waals surface area contributed by atoms with E-state index in [1.807, 2.05) is 36.1 Å². The summed E-state index contributed by atoms with van der Waals surface area (Å²) in [5.41, 5.74) is 1.83. The van der Waals surface area contributed by atoms with Gasteiger partial charge in [-0.05, 0) is 31.9 Å². The molecule has 0 aromatic heterocycles. The quantitative estimate of drug-likeness (QED) is 0.887. The maximum Gasteiger partial charge on any atom is 0.254 e. The van der Waals surface area contributed by atoms with Gasteiger partial charge in [0.1, 0.15) is 0 Å². The number of aryl methyl sites for hydroxylation is 1. The maximum absolute atomic E-state index is 12.5. The third kappa shape index (κ3) is 2.91. The molecule has 3 nitrogen and oxygen atoms in total. The molecule has 1 aromatic carbocycles. The zero-order chi connectivity index (χ0) is 13.0. The average molecular weight is 247 g/mol. The highest BCUT2D eigenvalue weighted by Gasteiger charge is 2.26. The molecule has 2 rings (SSSR count). The molecule has 98 valence electrons. The van der Waals surface area contributed by atoms with Crippen LogP contribution in [0.2, 0.25) is 0 Å². The second kappa shape index (κ2) is 6.01. The molecule has 0 unspecified atom stereocenters. The van der Waals surface area contributed by atoms with Crippen LogP contribution in [0, 0.1) is 6.92 Å². The Labute approximate surface area is 108 Å². The first-order valence-electron chi connectivity index (χ1n) is 6.71. The fraction of sp³-hybridized carbons (Fsp3) is 0.533. The van der Waals surface area contributed by atoms with E-state index in [1.54, 1.807) is 0 Å². The molecule has 0 radical (unpaired) electrons. The molecule has 1 aliphatic carbocycles. The molecule has 0 saturated heterocycles. The molecule has 0 atom stereocenters. The van der Waals surface area contributed by atoms with Crippen molar-refractivity contribution >= 4 is 5.91 Å². The molecule has 1 aromatic rings. The number of carbonyl (C=O) groups excluding carboxylic acids is 1. The lowest BCUT2D eigenvalue weighted by Gasteiger charge is -2.28. The van der Waals surface area contributed by atoms with E-state index in [0.29, 0.717) is 12.6 Å². The highest BCUT2D eigenvalue weighted by molar-refractivity contribution is 5.94. The SMILES string of the molecule is Cc1cccc(C(=O)N(CCO)C2CCCC2)c1. The average Bonchev–Trinajstić information content (AvgIpc) is 2.89. The van der Waals surface area contributed by atoms with Gasteiger partial charge in [0.15, 0.2) is 0 Å². The van der Waals surface area contributed by atoms with Gasteiger partial charge in [0.05, 0.1) is 6.61 Å².